The van der Waals surface area contributed by atoms with Crippen LogP contribution in [-0.4, -0.2) is 23.4 Å². The molecule has 5 nitrogen and oxygen atoms in total. The third kappa shape index (κ3) is 1.71. The molecule has 3 N–H and O–H groups in total. The first kappa shape index (κ1) is 11.3. The Bertz CT molecular complexity index is 615. The van der Waals surface area contributed by atoms with Gasteiger partial charge in [0, 0.05) is 11.6 Å². The second kappa shape index (κ2) is 4.16. The zero-order valence-electron chi connectivity index (χ0n) is 9.17. The van der Waals surface area contributed by atoms with Gasteiger partial charge in [0.15, 0.2) is 17.3 Å². The minimum atomic E-state index is -0.442. The van der Waals surface area contributed by atoms with E-state index in [4.69, 9.17) is 15.2 Å². The van der Waals surface area contributed by atoms with Crippen molar-refractivity contribution < 1.29 is 13.9 Å². The number of nitrogen functional groups attached to an aromatic ring is 1. The highest BCUT2D eigenvalue weighted by molar-refractivity contribution is 9.10. The van der Waals surface area contributed by atoms with Gasteiger partial charge >= 0.3 is 0 Å². The van der Waals surface area contributed by atoms with Crippen molar-refractivity contribution in [2.45, 2.75) is 0 Å². The van der Waals surface area contributed by atoms with Gasteiger partial charge in [0.1, 0.15) is 19.0 Å². The molecule has 0 saturated carbocycles. The van der Waals surface area contributed by atoms with Gasteiger partial charge < -0.3 is 15.2 Å². The summed E-state index contributed by atoms with van der Waals surface area (Å²) in [6.07, 6.45) is 0. The number of nitrogens with two attached hydrogens (primary N) is 1. The zero-order chi connectivity index (χ0) is 12.7. The van der Waals surface area contributed by atoms with Crippen LogP contribution in [0.1, 0.15) is 0 Å². The van der Waals surface area contributed by atoms with Crippen molar-refractivity contribution >= 4 is 21.7 Å². The average Bonchev–Trinajstić information content (AvgIpc) is 2.80. The Morgan fingerprint density at radius 3 is 2.83 bits per heavy atom. The summed E-state index contributed by atoms with van der Waals surface area (Å²) in [5.74, 6) is 0.742. The summed E-state index contributed by atoms with van der Waals surface area (Å²) in [7, 11) is 0. The highest BCUT2D eigenvalue weighted by atomic mass is 79.9. The smallest absolute Gasteiger partial charge is 0.178 e. The fourth-order valence-corrected chi connectivity index (χ4v) is 2.32. The molecule has 0 radical (unpaired) electrons. The molecule has 0 fully saturated rings. The van der Waals surface area contributed by atoms with Crippen molar-refractivity contribution in [1.29, 1.82) is 0 Å². The maximum Gasteiger partial charge on any atom is 0.178 e. The Hall–Kier alpha value is -1.76. The van der Waals surface area contributed by atoms with Crippen molar-refractivity contribution in [2.24, 2.45) is 0 Å². The number of anilines is 1. The SMILES string of the molecule is Nc1cc(-c2cc3c(c(Br)c2F)OCCO3)[nH]n1. The van der Waals surface area contributed by atoms with E-state index in [9.17, 15) is 4.39 Å². The third-order valence-electron chi connectivity index (χ3n) is 2.60. The van der Waals surface area contributed by atoms with Gasteiger partial charge in [0.2, 0.25) is 0 Å². The molecule has 2 heterocycles. The third-order valence-corrected chi connectivity index (χ3v) is 3.31. The highest BCUT2D eigenvalue weighted by Gasteiger charge is 2.23. The second-order valence-corrected chi connectivity index (χ2v) is 4.58. The molecular formula is C11H9BrFN3O2. The number of nitrogens with one attached hydrogen (secondary N) is 1. The first-order valence-corrected chi connectivity index (χ1v) is 6.05. The van der Waals surface area contributed by atoms with Crippen LogP contribution >= 0.6 is 15.9 Å². The topological polar surface area (TPSA) is 73.2 Å². The molecule has 1 aromatic heterocycles. The number of ether oxygens (including phenoxy) is 2. The minimum Gasteiger partial charge on any atom is -0.486 e. The van der Waals surface area contributed by atoms with Crippen LogP contribution in [0, 0.1) is 5.82 Å². The lowest BCUT2D eigenvalue weighted by atomic mass is 10.1. The molecule has 0 spiro atoms. The molecule has 2 aromatic rings. The Morgan fingerprint density at radius 1 is 1.33 bits per heavy atom. The van der Waals surface area contributed by atoms with Crippen molar-refractivity contribution in [3.8, 4) is 22.8 Å². The van der Waals surface area contributed by atoms with Crippen LogP contribution < -0.4 is 15.2 Å². The molecule has 0 unspecified atom stereocenters. The molecule has 0 aliphatic carbocycles. The molecule has 0 atom stereocenters. The summed E-state index contributed by atoms with van der Waals surface area (Å²) in [6, 6.07) is 3.13. The number of nitrogens with zero attached hydrogens (tertiary/aromatic N) is 1. The number of hydrogen-bond acceptors (Lipinski definition) is 4. The van der Waals surface area contributed by atoms with E-state index in [0.29, 0.717) is 41.8 Å². The van der Waals surface area contributed by atoms with Gasteiger partial charge in [-0.05, 0) is 22.0 Å². The summed E-state index contributed by atoms with van der Waals surface area (Å²) in [6.45, 7) is 0.844. The van der Waals surface area contributed by atoms with Gasteiger partial charge in [-0.3, -0.25) is 5.10 Å². The summed E-state index contributed by atoms with van der Waals surface area (Å²) in [5.41, 5.74) is 6.33. The minimum absolute atomic E-state index is 0.239. The van der Waals surface area contributed by atoms with E-state index in [1.54, 1.807) is 12.1 Å². The van der Waals surface area contributed by atoms with E-state index in [1.807, 2.05) is 0 Å². The van der Waals surface area contributed by atoms with Gasteiger partial charge in [0.05, 0.1) is 10.2 Å². The van der Waals surface area contributed by atoms with Gasteiger partial charge in [-0.15, -0.1) is 0 Å². The van der Waals surface area contributed by atoms with Crippen molar-refractivity contribution in [3.63, 3.8) is 0 Å². The first-order valence-electron chi connectivity index (χ1n) is 5.25. The summed E-state index contributed by atoms with van der Waals surface area (Å²) in [5, 5.41) is 6.44. The summed E-state index contributed by atoms with van der Waals surface area (Å²) >= 11 is 3.18. The van der Waals surface area contributed by atoms with Gasteiger partial charge in [-0.1, -0.05) is 0 Å². The molecule has 1 aromatic carbocycles. The number of fused-ring (bicyclic) bond motifs is 1. The van der Waals surface area contributed by atoms with Gasteiger partial charge in [0.25, 0.3) is 0 Å². The van der Waals surface area contributed by atoms with Crippen LogP contribution in [0.5, 0.6) is 11.5 Å². The molecule has 0 amide bonds. The molecule has 1 aliphatic rings. The lowest BCUT2D eigenvalue weighted by molar-refractivity contribution is 0.169. The second-order valence-electron chi connectivity index (χ2n) is 3.78. The van der Waals surface area contributed by atoms with Crippen molar-refractivity contribution in [2.75, 3.05) is 18.9 Å². The standard InChI is InChI=1S/C11H9BrFN3O2/c12-9-10(13)5(6-4-8(14)16-15-6)3-7-11(9)18-2-1-17-7/h3-4H,1-2H2,(H3,14,15,16). The molecular weight excluding hydrogens is 305 g/mol. The maximum absolute atomic E-state index is 14.2. The van der Waals surface area contributed by atoms with E-state index in [2.05, 4.69) is 26.1 Å². The quantitative estimate of drug-likeness (QED) is 0.847. The predicted octanol–water partition coefficient (Wildman–Crippen LogP) is 2.33. The Labute approximate surface area is 110 Å². The van der Waals surface area contributed by atoms with E-state index in [1.165, 1.54) is 0 Å². The first-order chi connectivity index (χ1) is 8.66. The van der Waals surface area contributed by atoms with Gasteiger partial charge in [-0.2, -0.15) is 5.10 Å². The molecule has 94 valence electrons. The number of benzene rings is 1. The zero-order valence-corrected chi connectivity index (χ0v) is 10.8. The average molecular weight is 314 g/mol. The molecule has 1 aliphatic heterocycles. The van der Waals surface area contributed by atoms with Gasteiger partial charge in [-0.25, -0.2) is 4.39 Å². The Kier molecular flexibility index (Phi) is 2.62. The largest absolute Gasteiger partial charge is 0.486 e. The number of halogens is 2. The number of hydrogen-bond donors (Lipinski definition) is 2. The molecule has 18 heavy (non-hydrogen) atoms. The van der Waals surface area contributed by atoms with Crippen LogP contribution in [0.4, 0.5) is 10.2 Å². The molecule has 0 bridgehead atoms. The lowest BCUT2D eigenvalue weighted by Crippen LogP contribution is -2.16. The monoisotopic (exact) mass is 313 g/mol. The Balaban J connectivity index is 2.18. The van der Waals surface area contributed by atoms with Crippen LogP contribution in [0.15, 0.2) is 16.6 Å². The van der Waals surface area contributed by atoms with E-state index in [-0.39, 0.29) is 4.47 Å². The van der Waals surface area contributed by atoms with Crippen LogP contribution in [0.2, 0.25) is 0 Å². The van der Waals surface area contributed by atoms with E-state index >= 15 is 0 Å². The number of aromatic nitrogens is 2. The maximum atomic E-state index is 14.2. The van der Waals surface area contributed by atoms with Crippen LogP contribution in [0.3, 0.4) is 0 Å². The van der Waals surface area contributed by atoms with Crippen LogP contribution in [0.25, 0.3) is 11.3 Å². The molecule has 3 rings (SSSR count). The normalized spacial score (nSPS) is 13.7. The van der Waals surface area contributed by atoms with E-state index in [0.717, 1.165) is 0 Å². The Morgan fingerprint density at radius 2 is 2.11 bits per heavy atom. The summed E-state index contributed by atoms with van der Waals surface area (Å²) < 4.78 is 25.3. The highest BCUT2D eigenvalue weighted by Crippen LogP contribution is 2.43. The molecule has 7 heteroatoms. The van der Waals surface area contributed by atoms with E-state index < -0.39 is 5.82 Å². The molecule has 0 saturated heterocycles. The predicted molar refractivity (Wildman–Crippen MR) is 67.1 cm³/mol. The number of rotatable bonds is 1. The lowest BCUT2D eigenvalue weighted by Gasteiger charge is -2.20. The summed E-state index contributed by atoms with van der Waals surface area (Å²) in [4.78, 5) is 0. The fraction of sp³-hybridized carbons (Fsp3) is 0.182. The fourth-order valence-electron chi connectivity index (χ4n) is 1.79. The van der Waals surface area contributed by atoms with Crippen molar-refractivity contribution in [1.82, 2.24) is 10.2 Å². The van der Waals surface area contributed by atoms with Crippen molar-refractivity contribution in [3.05, 3.63) is 22.4 Å². The number of aromatic amines is 1. The van der Waals surface area contributed by atoms with Crippen LogP contribution in [-0.2, 0) is 0 Å². The number of H-pyrrole nitrogens is 1.